The average molecular weight is 269 g/mol. The van der Waals surface area contributed by atoms with Crippen LogP contribution in [0.2, 0.25) is 0 Å². The molecule has 0 radical (unpaired) electrons. The first-order chi connectivity index (χ1) is 9.56. The molecule has 20 heavy (non-hydrogen) atoms. The van der Waals surface area contributed by atoms with Crippen LogP contribution in [0.25, 0.3) is 0 Å². The molecule has 1 heterocycles. The summed E-state index contributed by atoms with van der Waals surface area (Å²) in [6.07, 6.45) is 5.00. The van der Waals surface area contributed by atoms with Crippen molar-refractivity contribution in [2.45, 2.75) is 45.8 Å². The number of benzene rings is 1. The highest BCUT2D eigenvalue weighted by atomic mass is 15.3. The second-order valence-corrected chi connectivity index (χ2v) is 6.59. The zero-order chi connectivity index (χ0) is 14.2. The number of hydrogen-bond donors (Lipinski definition) is 1. The summed E-state index contributed by atoms with van der Waals surface area (Å²) < 4.78 is 1.99. The van der Waals surface area contributed by atoms with Crippen LogP contribution in [0.4, 0.5) is 0 Å². The van der Waals surface area contributed by atoms with Crippen LogP contribution in [0.5, 0.6) is 0 Å². The Morgan fingerprint density at radius 3 is 2.90 bits per heavy atom. The molecule has 0 saturated heterocycles. The number of hydrogen-bond acceptors (Lipinski definition) is 2. The first-order valence-corrected chi connectivity index (χ1v) is 7.37. The second kappa shape index (κ2) is 5.06. The maximum absolute atomic E-state index is 4.29. The SMILES string of the molecule is CC(Cn1cccn1)NC1c2ccccc2CC1(C)C. The smallest absolute Gasteiger partial charge is 0.0560 e. The summed E-state index contributed by atoms with van der Waals surface area (Å²) in [5, 5.41) is 8.09. The maximum atomic E-state index is 4.29. The molecule has 3 heteroatoms. The molecule has 0 spiro atoms. The summed E-state index contributed by atoms with van der Waals surface area (Å²) >= 11 is 0. The van der Waals surface area contributed by atoms with Gasteiger partial charge in [-0.2, -0.15) is 5.10 Å². The van der Waals surface area contributed by atoms with Gasteiger partial charge in [-0.15, -0.1) is 0 Å². The molecule has 0 fully saturated rings. The molecule has 3 rings (SSSR count). The Bertz CT molecular complexity index is 572. The third-order valence-corrected chi connectivity index (χ3v) is 4.26. The van der Waals surface area contributed by atoms with Gasteiger partial charge in [0.1, 0.15) is 0 Å². The second-order valence-electron chi connectivity index (χ2n) is 6.59. The van der Waals surface area contributed by atoms with E-state index in [1.54, 1.807) is 0 Å². The van der Waals surface area contributed by atoms with Crippen molar-refractivity contribution < 1.29 is 0 Å². The summed E-state index contributed by atoms with van der Waals surface area (Å²) in [6, 6.07) is 11.6. The molecule has 2 unspecified atom stereocenters. The highest BCUT2D eigenvalue weighted by Crippen LogP contribution is 2.45. The van der Waals surface area contributed by atoms with Gasteiger partial charge in [-0.05, 0) is 36.0 Å². The van der Waals surface area contributed by atoms with Crippen LogP contribution in [-0.2, 0) is 13.0 Å². The molecule has 0 aliphatic heterocycles. The quantitative estimate of drug-likeness (QED) is 0.924. The molecular formula is C17H23N3. The lowest BCUT2D eigenvalue weighted by atomic mass is 9.85. The van der Waals surface area contributed by atoms with Crippen molar-refractivity contribution in [1.29, 1.82) is 0 Å². The lowest BCUT2D eigenvalue weighted by Gasteiger charge is -2.31. The van der Waals surface area contributed by atoms with Crippen molar-refractivity contribution in [3.05, 3.63) is 53.9 Å². The summed E-state index contributed by atoms with van der Waals surface area (Å²) in [5.74, 6) is 0. The van der Waals surface area contributed by atoms with Crippen LogP contribution < -0.4 is 5.32 Å². The largest absolute Gasteiger partial charge is 0.305 e. The summed E-state index contributed by atoms with van der Waals surface area (Å²) in [6.45, 7) is 7.84. The average Bonchev–Trinajstić information content (AvgIpc) is 2.97. The third kappa shape index (κ3) is 2.50. The third-order valence-electron chi connectivity index (χ3n) is 4.26. The molecule has 1 N–H and O–H groups in total. The fraction of sp³-hybridized carbons (Fsp3) is 0.471. The van der Waals surface area contributed by atoms with E-state index in [9.17, 15) is 0 Å². The normalized spacial score (nSPS) is 21.6. The highest BCUT2D eigenvalue weighted by Gasteiger charge is 2.38. The van der Waals surface area contributed by atoms with Gasteiger partial charge in [-0.3, -0.25) is 4.68 Å². The lowest BCUT2D eigenvalue weighted by molar-refractivity contribution is 0.242. The zero-order valence-corrected chi connectivity index (χ0v) is 12.5. The highest BCUT2D eigenvalue weighted by molar-refractivity contribution is 5.37. The van der Waals surface area contributed by atoms with Crippen molar-refractivity contribution in [2.24, 2.45) is 5.41 Å². The van der Waals surface area contributed by atoms with E-state index in [4.69, 9.17) is 0 Å². The van der Waals surface area contributed by atoms with Crippen LogP contribution in [0, 0.1) is 5.41 Å². The van der Waals surface area contributed by atoms with Gasteiger partial charge >= 0.3 is 0 Å². The van der Waals surface area contributed by atoms with Gasteiger partial charge < -0.3 is 5.32 Å². The monoisotopic (exact) mass is 269 g/mol. The number of nitrogens with one attached hydrogen (secondary N) is 1. The minimum absolute atomic E-state index is 0.266. The molecule has 0 amide bonds. The number of fused-ring (bicyclic) bond motifs is 1. The fourth-order valence-electron chi connectivity index (χ4n) is 3.33. The van der Waals surface area contributed by atoms with Gasteiger partial charge in [-0.1, -0.05) is 38.1 Å². The first kappa shape index (κ1) is 13.4. The van der Waals surface area contributed by atoms with Gasteiger partial charge in [0.15, 0.2) is 0 Å². The van der Waals surface area contributed by atoms with E-state index >= 15 is 0 Å². The summed E-state index contributed by atoms with van der Waals surface area (Å²) in [5.41, 5.74) is 3.22. The molecule has 0 bridgehead atoms. The predicted octanol–water partition coefficient (Wildman–Crippen LogP) is 3.18. The topological polar surface area (TPSA) is 29.9 Å². The van der Waals surface area contributed by atoms with E-state index < -0.39 is 0 Å². The van der Waals surface area contributed by atoms with E-state index in [-0.39, 0.29) is 5.41 Å². The van der Waals surface area contributed by atoms with E-state index in [2.05, 4.69) is 55.5 Å². The maximum Gasteiger partial charge on any atom is 0.0560 e. The van der Waals surface area contributed by atoms with Crippen LogP contribution >= 0.6 is 0 Å². The van der Waals surface area contributed by atoms with Gasteiger partial charge in [0, 0.05) is 24.5 Å². The first-order valence-electron chi connectivity index (χ1n) is 7.37. The lowest BCUT2D eigenvalue weighted by Crippen LogP contribution is -2.39. The zero-order valence-electron chi connectivity index (χ0n) is 12.5. The Labute approximate surface area is 121 Å². The molecule has 106 valence electrons. The predicted molar refractivity (Wildman–Crippen MR) is 81.5 cm³/mol. The molecule has 2 atom stereocenters. The van der Waals surface area contributed by atoms with Crippen LogP contribution in [0.1, 0.15) is 37.9 Å². The number of rotatable bonds is 4. The Hall–Kier alpha value is -1.61. The summed E-state index contributed by atoms with van der Waals surface area (Å²) in [4.78, 5) is 0. The summed E-state index contributed by atoms with van der Waals surface area (Å²) in [7, 11) is 0. The van der Waals surface area contributed by atoms with Crippen molar-refractivity contribution in [1.82, 2.24) is 15.1 Å². The van der Waals surface area contributed by atoms with Gasteiger partial charge in [-0.25, -0.2) is 0 Å². The minimum Gasteiger partial charge on any atom is -0.305 e. The number of aromatic nitrogens is 2. The molecule has 1 aromatic carbocycles. The molecule has 2 aromatic rings. The van der Waals surface area contributed by atoms with Gasteiger partial charge in [0.25, 0.3) is 0 Å². The van der Waals surface area contributed by atoms with E-state index in [1.165, 1.54) is 11.1 Å². The Morgan fingerprint density at radius 2 is 2.15 bits per heavy atom. The molecule has 1 aliphatic rings. The van der Waals surface area contributed by atoms with E-state index in [0.717, 1.165) is 13.0 Å². The van der Waals surface area contributed by atoms with Crippen molar-refractivity contribution >= 4 is 0 Å². The Kier molecular flexibility index (Phi) is 3.38. The van der Waals surface area contributed by atoms with E-state index in [1.807, 2.05) is 23.1 Å². The Balaban J connectivity index is 1.75. The van der Waals surface area contributed by atoms with Crippen molar-refractivity contribution in [3.63, 3.8) is 0 Å². The van der Waals surface area contributed by atoms with Crippen molar-refractivity contribution in [3.8, 4) is 0 Å². The minimum atomic E-state index is 0.266. The molecule has 0 saturated carbocycles. The van der Waals surface area contributed by atoms with Crippen LogP contribution in [-0.4, -0.2) is 15.8 Å². The van der Waals surface area contributed by atoms with Crippen LogP contribution in [0.3, 0.4) is 0 Å². The molecule has 1 aliphatic carbocycles. The molecule has 3 nitrogen and oxygen atoms in total. The fourth-order valence-corrected chi connectivity index (χ4v) is 3.33. The number of nitrogens with zero attached hydrogens (tertiary/aromatic N) is 2. The Morgan fingerprint density at radius 1 is 1.35 bits per heavy atom. The molecular weight excluding hydrogens is 246 g/mol. The van der Waals surface area contributed by atoms with Gasteiger partial charge in [0.05, 0.1) is 6.54 Å². The van der Waals surface area contributed by atoms with E-state index in [0.29, 0.717) is 12.1 Å². The standard InChI is InChI=1S/C17H23N3/c1-13(12-20-10-6-9-18-20)19-16-15-8-5-4-7-14(15)11-17(16,2)3/h4-10,13,16,19H,11-12H2,1-3H3. The van der Waals surface area contributed by atoms with Gasteiger partial charge in [0.2, 0.25) is 0 Å². The van der Waals surface area contributed by atoms with Crippen molar-refractivity contribution in [2.75, 3.05) is 0 Å². The van der Waals surface area contributed by atoms with Crippen LogP contribution in [0.15, 0.2) is 42.7 Å². The molecule has 1 aromatic heterocycles.